The number of phenols is 2. The topological polar surface area (TPSA) is 189 Å². The molecule has 3 aromatic rings. The van der Waals surface area contributed by atoms with Crippen LogP contribution in [0.5, 0.6) is 28.7 Å². The van der Waals surface area contributed by atoms with Crippen molar-refractivity contribution in [3.63, 3.8) is 0 Å². The first kappa shape index (κ1) is 24.6. The van der Waals surface area contributed by atoms with Crippen LogP contribution >= 0.6 is 0 Å². The van der Waals surface area contributed by atoms with Crippen molar-refractivity contribution in [2.24, 2.45) is 0 Å². The summed E-state index contributed by atoms with van der Waals surface area (Å²) in [5.41, 5.74) is -0.336. The third-order valence-corrected chi connectivity index (χ3v) is 5.65. The predicted molar refractivity (Wildman–Crippen MR) is 119 cm³/mol. The highest BCUT2D eigenvalue weighted by atomic mass is 16.7. The highest BCUT2D eigenvalue weighted by molar-refractivity contribution is 5.86. The molecule has 4 rings (SSSR count). The Morgan fingerprint density at radius 3 is 2.17 bits per heavy atom. The van der Waals surface area contributed by atoms with Gasteiger partial charge in [-0.3, -0.25) is 4.79 Å². The van der Waals surface area contributed by atoms with Gasteiger partial charge in [0.2, 0.25) is 12.0 Å². The third-order valence-electron chi connectivity index (χ3n) is 5.65. The second-order valence-electron chi connectivity index (χ2n) is 7.83. The van der Waals surface area contributed by atoms with Crippen molar-refractivity contribution in [2.75, 3.05) is 20.8 Å². The first-order valence-electron chi connectivity index (χ1n) is 10.4. The van der Waals surface area contributed by atoms with E-state index in [4.69, 9.17) is 23.4 Å². The zero-order chi connectivity index (χ0) is 25.4. The van der Waals surface area contributed by atoms with Crippen molar-refractivity contribution < 1.29 is 54.0 Å². The fourth-order valence-corrected chi connectivity index (χ4v) is 3.79. The van der Waals surface area contributed by atoms with E-state index in [0.717, 1.165) is 12.1 Å². The molecule has 2 aromatic carbocycles. The summed E-state index contributed by atoms with van der Waals surface area (Å²) in [6.07, 6.45) is -7.62. The molecule has 1 aliphatic heterocycles. The lowest BCUT2D eigenvalue weighted by atomic mass is 9.99. The van der Waals surface area contributed by atoms with Crippen LogP contribution in [0.25, 0.3) is 22.3 Å². The number of aliphatic hydroxyl groups is 4. The molecule has 1 aliphatic rings. The number of rotatable bonds is 6. The smallest absolute Gasteiger partial charge is 0.229 e. The molecule has 35 heavy (non-hydrogen) atoms. The first-order chi connectivity index (χ1) is 16.7. The predicted octanol–water partition coefficient (Wildman–Crippen LogP) is 0.0671. The standard InChI is InChI=1S/C23H24O12/c1-31-15-3-9(4-16(32-2)19(15)27)13-7-12(26)18-11(25)5-10(6-14(18)34-13)33-23-22(30)21(29)20(28)17(8-24)35-23/h3-7,17,20-25,27-30H,8H2,1-2H3/t17-,20-,21+,22-,23-/m1/s1. The van der Waals surface area contributed by atoms with Crippen LogP contribution in [0.4, 0.5) is 0 Å². The Balaban J connectivity index is 1.75. The molecule has 0 amide bonds. The molecule has 6 N–H and O–H groups in total. The Bertz CT molecular complexity index is 1260. The summed E-state index contributed by atoms with van der Waals surface area (Å²) in [6, 6.07) is 6.35. The number of aromatic hydroxyl groups is 2. The molecule has 0 bridgehead atoms. The van der Waals surface area contributed by atoms with Gasteiger partial charge in [-0.15, -0.1) is 0 Å². The molecule has 0 radical (unpaired) electrons. The van der Waals surface area contributed by atoms with E-state index in [1.807, 2.05) is 0 Å². The van der Waals surface area contributed by atoms with E-state index in [1.165, 1.54) is 32.4 Å². The Labute approximate surface area is 197 Å². The van der Waals surface area contributed by atoms with Gasteiger partial charge in [0.15, 0.2) is 16.9 Å². The van der Waals surface area contributed by atoms with Gasteiger partial charge in [-0.1, -0.05) is 0 Å². The minimum atomic E-state index is -1.68. The first-order valence-corrected chi connectivity index (χ1v) is 10.4. The van der Waals surface area contributed by atoms with Gasteiger partial charge < -0.3 is 54.0 Å². The van der Waals surface area contributed by atoms with E-state index in [2.05, 4.69) is 0 Å². The molecule has 5 atom stereocenters. The van der Waals surface area contributed by atoms with Crippen molar-refractivity contribution in [2.45, 2.75) is 30.7 Å². The third kappa shape index (κ3) is 4.45. The second kappa shape index (κ2) is 9.60. The van der Waals surface area contributed by atoms with Crippen molar-refractivity contribution in [1.82, 2.24) is 0 Å². The number of ether oxygens (including phenoxy) is 4. The highest BCUT2D eigenvalue weighted by Gasteiger charge is 2.44. The Kier molecular flexibility index (Phi) is 6.74. The van der Waals surface area contributed by atoms with Crippen LogP contribution < -0.4 is 19.6 Å². The molecule has 1 saturated heterocycles. The maximum absolute atomic E-state index is 12.8. The average Bonchev–Trinajstić information content (AvgIpc) is 2.84. The van der Waals surface area contributed by atoms with E-state index in [1.54, 1.807) is 0 Å². The minimum absolute atomic E-state index is 0.0588. The summed E-state index contributed by atoms with van der Waals surface area (Å²) < 4.78 is 26.9. The highest BCUT2D eigenvalue weighted by Crippen LogP contribution is 2.41. The molecule has 1 fully saturated rings. The summed E-state index contributed by atoms with van der Waals surface area (Å²) in [5.74, 6) is -0.615. The molecule has 12 heteroatoms. The van der Waals surface area contributed by atoms with E-state index in [9.17, 15) is 35.4 Å². The van der Waals surface area contributed by atoms with Gasteiger partial charge in [-0.2, -0.15) is 0 Å². The Morgan fingerprint density at radius 2 is 1.57 bits per heavy atom. The van der Waals surface area contributed by atoms with Crippen LogP contribution in [0, 0.1) is 0 Å². The summed E-state index contributed by atoms with van der Waals surface area (Å²) in [7, 11) is 2.69. The van der Waals surface area contributed by atoms with E-state index in [-0.39, 0.29) is 39.7 Å². The lowest BCUT2D eigenvalue weighted by molar-refractivity contribution is -0.277. The summed E-state index contributed by atoms with van der Waals surface area (Å²) in [6.45, 7) is -0.647. The van der Waals surface area contributed by atoms with Crippen LogP contribution in [0.2, 0.25) is 0 Å². The van der Waals surface area contributed by atoms with Crippen LogP contribution in [0.15, 0.2) is 39.5 Å². The van der Waals surface area contributed by atoms with Gasteiger partial charge in [-0.25, -0.2) is 0 Å². The van der Waals surface area contributed by atoms with Crippen molar-refractivity contribution in [1.29, 1.82) is 0 Å². The van der Waals surface area contributed by atoms with Crippen LogP contribution in [-0.2, 0) is 4.74 Å². The minimum Gasteiger partial charge on any atom is -0.507 e. The van der Waals surface area contributed by atoms with E-state index < -0.39 is 48.5 Å². The zero-order valence-corrected chi connectivity index (χ0v) is 18.6. The van der Waals surface area contributed by atoms with Gasteiger partial charge in [0.05, 0.1) is 20.8 Å². The van der Waals surface area contributed by atoms with Crippen molar-refractivity contribution in [3.8, 4) is 40.1 Å². The molecule has 0 spiro atoms. The van der Waals surface area contributed by atoms with Gasteiger partial charge in [0.1, 0.15) is 52.6 Å². The molecule has 0 aliphatic carbocycles. The maximum atomic E-state index is 12.8. The van der Waals surface area contributed by atoms with Gasteiger partial charge in [0.25, 0.3) is 0 Å². The van der Waals surface area contributed by atoms with Gasteiger partial charge in [0, 0.05) is 23.8 Å². The molecule has 188 valence electrons. The molecule has 12 nitrogen and oxygen atoms in total. The number of hydrogen-bond donors (Lipinski definition) is 6. The number of fused-ring (bicyclic) bond motifs is 1. The fourth-order valence-electron chi connectivity index (χ4n) is 3.79. The van der Waals surface area contributed by atoms with Crippen LogP contribution in [-0.4, -0.2) is 82.2 Å². The Morgan fingerprint density at radius 1 is 0.914 bits per heavy atom. The number of hydrogen-bond acceptors (Lipinski definition) is 12. The Hall–Kier alpha value is -3.55. The molecular formula is C23H24O12. The second-order valence-corrected chi connectivity index (χ2v) is 7.83. The number of methoxy groups -OCH3 is 2. The lowest BCUT2D eigenvalue weighted by Gasteiger charge is -2.39. The molecule has 0 saturated carbocycles. The van der Waals surface area contributed by atoms with Crippen LogP contribution in [0.3, 0.4) is 0 Å². The van der Waals surface area contributed by atoms with E-state index in [0.29, 0.717) is 5.56 Å². The molecule has 2 heterocycles. The quantitative estimate of drug-likeness (QED) is 0.272. The summed E-state index contributed by atoms with van der Waals surface area (Å²) in [4.78, 5) is 12.8. The van der Waals surface area contributed by atoms with Gasteiger partial charge in [-0.05, 0) is 12.1 Å². The molecule has 0 unspecified atom stereocenters. The molecule has 1 aromatic heterocycles. The fraction of sp³-hybridized carbons (Fsp3) is 0.348. The molecular weight excluding hydrogens is 468 g/mol. The average molecular weight is 492 g/mol. The van der Waals surface area contributed by atoms with Crippen molar-refractivity contribution in [3.05, 3.63) is 40.6 Å². The SMILES string of the molecule is COc1cc(-c2cc(=O)c3c(O)cc(O[C@@H]4O[C@H](CO)[C@@H](O)[C@H](O)[C@H]4O)cc3o2)cc(OC)c1O. The van der Waals surface area contributed by atoms with Gasteiger partial charge >= 0.3 is 0 Å². The van der Waals surface area contributed by atoms with E-state index >= 15 is 0 Å². The number of phenolic OH excluding ortho intramolecular Hbond substituents is 2. The lowest BCUT2D eigenvalue weighted by Crippen LogP contribution is -2.60. The zero-order valence-electron chi connectivity index (χ0n) is 18.6. The number of benzene rings is 2. The monoisotopic (exact) mass is 492 g/mol. The number of aliphatic hydroxyl groups excluding tert-OH is 4. The van der Waals surface area contributed by atoms with Crippen LogP contribution in [0.1, 0.15) is 0 Å². The summed E-state index contributed by atoms with van der Waals surface area (Å²) >= 11 is 0. The normalized spacial score (nSPS) is 24.3. The maximum Gasteiger partial charge on any atom is 0.229 e. The largest absolute Gasteiger partial charge is 0.507 e. The summed E-state index contributed by atoms with van der Waals surface area (Å²) in [5, 5.41) is 59.8. The van der Waals surface area contributed by atoms with Crippen molar-refractivity contribution >= 4 is 11.0 Å².